The van der Waals surface area contributed by atoms with Crippen molar-refractivity contribution in [3.63, 3.8) is 0 Å². The molecule has 2 aliphatic rings. The van der Waals surface area contributed by atoms with E-state index in [9.17, 15) is 5.11 Å². The summed E-state index contributed by atoms with van der Waals surface area (Å²) < 4.78 is 0. The Morgan fingerprint density at radius 1 is 1.31 bits per heavy atom. The van der Waals surface area contributed by atoms with Crippen LogP contribution < -0.4 is 5.84 Å². The van der Waals surface area contributed by atoms with E-state index in [0.29, 0.717) is 17.9 Å². The molecule has 0 bridgehead atoms. The third-order valence-electron chi connectivity index (χ3n) is 3.91. The lowest BCUT2D eigenvalue weighted by molar-refractivity contribution is 0.0916. The fraction of sp³-hybridized carbons (Fsp3) is 1.00. The quantitative estimate of drug-likeness (QED) is 0.591. The molecule has 1 aliphatic carbocycles. The van der Waals surface area contributed by atoms with Crippen LogP contribution in [0.1, 0.15) is 32.1 Å². The Morgan fingerprint density at radius 2 is 2.00 bits per heavy atom. The van der Waals surface area contributed by atoms with Gasteiger partial charge in [-0.1, -0.05) is 19.3 Å². The van der Waals surface area contributed by atoms with Gasteiger partial charge in [-0.2, -0.15) is 0 Å². The normalized spacial score (nSPS) is 34.2. The number of hydrazine groups is 1. The highest BCUT2D eigenvalue weighted by Crippen LogP contribution is 2.46. The van der Waals surface area contributed by atoms with Gasteiger partial charge in [-0.15, -0.1) is 0 Å². The Morgan fingerprint density at radius 3 is 2.62 bits per heavy atom. The first-order valence-electron chi connectivity index (χ1n) is 5.37. The summed E-state index contributed by atoms with van der Waals surface area (Å²) in [6.07, 6.45) is 6.55. The van der Waals surface area contributed by atoms with E-state index in [0.717, 1.165) is 13.1 Å². The van der Waals surface area contributed by atoms with Crippen LogP contribution in [0.5, 0.6) is 0 Å². The highest BCUT2D eigenvalue weighted by Gasteiger charge is 2.45. The molecular formula is C10H20N2O. The van der Waals surface area contributed by atoms with Crippen LogP contribution >= 0.6 is 0 Å². The van der Waals surface area contributed by atoms with Gasteiger partial charge in [-0.25, -0.2) is 5.01 Å². The van der Waals surface area contributed by atoms with Gasteiger partial charge < -0.3 is 5.11 Å². The van der Waals surface area contributed by atoms with Crippen LogP contribution in [0.25, 0.3) is 0 Å². The highest BCUT2D eigenvalue weighted by atomic mass is 16.3. The van der Waals surface area contributed by atoms with Gasteiger partial charge in [0.15, 0.2) is 0 Å². The van der Waals surface area contributed by atoms with Crippen LogP contribution in [0.2, 0.25) is 0 Å². The first-order chi connectivity index (χ1) is 6.27. The zero-order chi connectivity index (χ0) is 9.31. The van der Waals surface area contributed by atoms with E-state index in [1.807, 2.05) is 5.01 Å². The maximum Gasteiger partial charge on any atom is 0.0477 e. The summed E-state index contributed by atoms with van der Waals surface area (Å²) in [6, 6.07) is 0. The first-order valence-corrected chi connectivity index (χ1v) is 5.37. The van der Waals surface area contributed by atoms with Crippen LogP contribution in [0.3, 0.4) is 0 Å². The lowest BCUT2D eigenvalue weighted by Gasteiger charge is -2.37. The number of hydrogen-bond acceptors (Lipinski definition) is 3. The van der Waals surface area contributed by atoms with Crippen molar-refractivity contribution in [2.75, 3.05) is 19.7 Å². The van der Waals surface area contributed by atoms with Crippen LogP contribution in [0, 0.1) is 11.3 Å². The summed E-state index contributed by atoms with van der Waals surface area (Å²) in [4.78, 5) is 0. The molecule has 13 heavy (non-hydrogen) atoms. The van der Waals surface area contributed by atoms with Crippen molar-refractivity contribution < 1.29 is 5.11 Å². The van der Waals surface area contributed by atoms with Gasteiger partial charge in [0.25, 0.3) is 0 Å². The summed E-state index contributed by atoms with van der Waals surface area (Å²) in [5.74, 6) is 6.26. The van der Waals surface area contributed by atoms with Gasteiger partial charge in [-0.3, -0.25) is 5.84 Å². The van der Waals surface area contributed by atoms with Crippen LogP contribution in [0.4, 0.5) is 0 Å². The molecule has 1 saturated heterocycles. The molecular weight excluding hydrogens is 164 g/mol. The maximum atomic E-state index is 9.32. The van der Waals surface area contributed by atoms with E-state index in [4.69, 9.17) is 5.84 Å². The topological polar surface area (TPSA) is 49.5 Å². The summed E-state index contributed by atoms with van der Waals surface area (Å²) in [7, 11) is 0. The molecule has 3 N–H and O–H groups in total. The molecule has 1 saturated carbocycles. The van der Waals surface area contributed by atoms with Crippen LogP contribution in [0.15, 0.2) is 0 Å². The van der Waals surface area contributed by atoms with Crippen molar-refractivity contribution in [1.82, 2.24) is 5.01 Å². The lowest BCUT2D eigenvalue weighted by Crippen LogP contribution is -2.35. The molecule has 0 aromatic heterocycles. The zero-order valence-corrected chi connectivity index (χ0v) is 8.21. The molecule has 1 spiro atoms. The summed E-state index contributed by atoms with van der Waals surface area (Å²) in [6.45, 7) is 2.20. The second kappa shape index (κ2) is 3.56. The third kappa shape index (κ3) is 1.60. The third-order valence-corrected chi connectivity index (χ3v) is 3.91. The average Bonchev–Trinajstić information content (AvgIpc) is 2.43. The molecule has 0 aromatic rings. The molecule has 3 nitrogen and oxygen atoms in total. The Hall–Kier alpha value is -0.120. The molecule has 1 aliphatic heterocycles. The monoisotopic (exact) mass is 184 g/mol. The number of aliphatic hydroxyl groups excluding tert-OH is 1. The second-order valence-corrected chi connectivity index (χ2v) is 4.73. The van der Waals surface area contributed by atoms with Crippen molar-refractivity contribution in [2.24, 2.45) is 17.2 Å². The van der Waals surface area contributed by atoms with Gasteiger partial charge in [0, 0.05) is 25.6 Å². The standard InChI is InChI=1S/C10H20N2O/c11-12-6-9(7-13)10(8-12)4-2-1-3-5-10/h9,13H,1-8,11H2/t9-/m1/s1. The largest absolute Gasteiger partial charge is 0.396 e. The van der Waals surface area contributed by atoms with E-state index in [-0.39, 0.29) is 0 Å². The molecule has 2 rings (SSSR count). The van der Waals surface area contributed by atoms with Crippen LogP contribution in [-0.2, 0) is 0 Å². The number of aliphatic hydroxyl groups is 1. The number of hydrogen-bond donors (Lipinski definition) is 2. The summed E-state index contributed by atoms with van der Waals surface area (Å²) >= 11 is 0. The Balaban J connectivity index is 2.09. The van der Waals surface area contributed by atoms with Gasteiger partial charge in [0.05, 0.1) is 0 Å². The van der Waals surface area contributed by atoms with Crippen molar-refractivity contribution in [2.45, 2.75) is 32.1 Å². The Labute approximate surface area is 79.9 Å². The van der Waals surface area contributed by atoms with E-state index in [2.05, 4.69) is 0 Å². The van der Waals surface area contributed by atoms with Crippen molar-refractivity contribution in [3.8, 4) is 0 Å². The minimum absolute atomic E-state index is 0.313. The molecule has 3 heteroatoms. The van der Waals surface area contributed by atoms with E-state index < -0.39 is 0 Å². The van der Waals surface area contributed by atoms with Crippen molar-refractivity contribution >= 4 is 0 Å². The predicted molar refractivity (Wildman–Crippen MR) is 51.9 cm³/mol. The molecule has 1 heterocycles. The zero-order valence-electron chi connectivity index (χ0n) is 8.21. The van der Waals surface area contributed by atoms with E-state index >= 15 is 0 Å². The van der Waals surface area contributed by atoms with Gasteiger partial charge in [0.1, 0.15) is 0 Å². The highest BCUT2D eigenvalue weighted by molar-refractivity contribution is 4.96. The fourth-order valence-corrected chi connectivity index (χ4v) is 3.15. The molecule has 76 valence electrons. The molecule has 2 fully saturated rings. The molecule has 0 radical (unpaired) electrons. The van der Waals surface area contributed by atoms with Crippen molar-refractivity contribution in [1.29, 1.82) is 0 Å². The molecule has 1 atom stereocenters. The summed E-state index contributed by atoms with van der Waals surface area (Å²) in [5.41, 5.74) is 0.363. The molecule has 0 amide bonds. The minimum atomic E-state index is 0.313. The number of nitrogens with two attached hydrogens (primary N) is 1. The smallest absolute Gasteiger partial charge is 0.0477 e. The molecule has 0 unspecified atom stereocenters. The van der Waals surface area contributed by atoms with Gasteiger partial charge in [-0.05, 0) is 18.3 Å². The Kier molecular flexibility index (Phi) is 2.58. The lowest BCUT2D eigenvalue weighted by atomic mass is 9.68. The minimum Gasteiger partial charge on any atom is -0.396 e. The number of rotatable bonds is 1. The predicted octanol–water partition coefficient (Wildman–Crippen LogP) is 0.735. The summed E-state index contributed by atoms with van der Waals surface area (Å²) in [5, 5.41) is 11.2. The average molecular weight is 184 g/mol. The molecule has 0 aromatic carbocycles. The Bertz CT molecular complexity index is 178. The van der Waals surface area contributed by atoms with Gasteiger partial charge in [0.2, 0.25) is 0 Å². The van der Waals surface area contributed by atoms with Crippen LogP contribution in [-0.4, -0.2) is 29.8 Å². The van der Waals surface area contributed by atoms with Gasteiger partial charge >= 0.3 is 0 Å². The fourth-order valence-electron chi connectivity index (χ4n) is 3.15. The number of nitrogens with zero attached hydrogens (tertiary/aromatic N) is 1. The SMILES string of the molecule is NN1C[C@H](CO)C2(CCCCC2)C1. The van der Waals surface area contributed by atoms with Crippen molar-refractivity contribution in [3.05, 3.63) is 0 Å². The van der Waals surface area contributed by atoms with E-state index in [1.54, 1.807) is 0 Å². The first kappa shape index (κ1) is 9.44. The second-order valence-electron chi connectivity index (χ2n) is 4.73. The maximum absolute atomic E-state index is 9.32. The van der Waals surface area contributed by atoms with E-state index in [1.165, 1.54) is 32.1 Å².